The van der Waals surface area contributed by atoms with Crippen molar-refractivity contribution in [3.63, 3.8) is 0 Å². The molecule has 2 amide bonds. The van der Waals surface area contributed by atoms with Crippen LogP contribution in [-0.2, 0) is 9.59 Å². The highest BCUT2D eigenvalue weighted by Crippen LogP contribution is 2.21. The molecule has 0 aliphatic carbocycles. The molecule has 0 bridgehead atoms. The predicted molar refractivity (Wildman–Crippen MR) is 45.3 cm³/mol. The number of nitrogens with one attached hydrogen (secondary N) is 1. The van der Waals surface area contributed by atoms with E-state index in [1.165, 1.54) is 0 Å². The van der Waals surface area contributed by atoms with Gasteiger partial charge in [-0.15, -0.1) is 0 Å². The molecule has 3 nitrogen and oxygen atoms in total. The number of carbonyl (C=O) groups is 2. The highest BCUT2D eigenvalue weighted by atomic mass is 16.2. The summed E-state index contributed by atoms with van der Waals surface area (Å²) in [7, 11) is 0. The topological polar surface area (TPSA) is 46.2 Å². The average Bonchev–Trinajstić information content (AvgIpc) is 2.01. The van der Waals surface area contributed by atoms with Crippen LogP contribution in [0.4, 0.5) is 0 Å². The van der Waals surface area contributed by atoms with Crippen LogP contribution in [-0.4, -0.2) is 11.8 Å². The molecule has 0 radical (unpaired) electrons. The largest absolute Gasteiger partial charge is 0.296 e. The molecule has 0 aromatic heterocycles. The Kier molecular flexibility index (Phi) is 2.84. The Bertz CT molecular complexity index is 201. The lowest BCUT2D eigenvalue weighted by atomic mass is 9.87. The summed E-state index contributed by atoms with van der Waals surface area (Å²) in [6, 6.07) is 0. The zero-order chi connectivity index (χ0) is 9.14. The Hall–Kier alpha value is -0.860. The third-order valence-electron chi connectivity index (χ3n) is 2.34. The molecule has 1 saturated heterocycles. The standard InChI is InChI=1S/C9H15NO2/c1-3-4-7-5-6(2)8(11)10-9(7)12/h6-7H,3-5H2,1-2H3,(H,10,11,12)/t6-,7-/m0/s1. The van der Waals surface area contributed by atoms with E-state index in [1.807, 2.05) is 13.8 Å². The van der Waals surface area contributed by atoms with Crippen molar-refractivity contribution in [3.8, 4) is 0 Å². The SMILES string of the molecule is CCC[C@H]1C[C@H](C)C(=O)NC1=O. The van der Waals surface area contributed by atoms with Crippen molar-refractivity contribution in [1.29, 1.82) is 0 Å². The normalized spacial score (nSPS) is 30.2. The third kappa shape index (κ3) is 1.84. The molecule has 1 heterocycles. The summed E-state index contributed by atoms with van der Waals surface area (Å²) in [5.41, 5.74) is 0. The molecule has 1 aliphatic rings. The first-order valence-corrected chi connectivity index (χ1v) is 4.49. The van der Waals surface area contributed by atoms with Crippen molar-refractivity contribution in [2.45, 2.75) is 33.1 Å². The smallest absolute Gasteiger partial charge is 0.229 e. The molecule has 68 valence electrons. The van der Waals surface area contributed by atoms with E-state index in [-0.39, 0.29) is 23.7 Å². The Morgan fingerprint density at radius 1 is 1.42 bits per heavy atom. The minimum atomic E-state index is -0.118. The van der Waals surface area contributed by atoms with Gasteiger partial charge in [0.1, 0.15) is 0 Å². The molecule has 0 unspecified atom stereocenters. The van der Waals surface area contributed by atoms with Crippen LogP contribution in [0.3, 0.4) is 0 Å². The maximum atomic E-state index is 11.2. The summed E-state index contributed by atoms with van der Waals surface area (Å²) < 4.78 is 0. The summed E-state index contributed by atoms with van der Waals surface area (Å²) in [5.74, 6) is -0.144. The summed E-state index contributed by atoms with van der Waals surface area (Å²) in [4.78, 5) is 22.2. The van der Waals surface area contributed by atoms with E-state index in [4.69, 9.17) is 0 Å². The number of imide groups is 1. The van der Waals surface area contributed by atoms with Crippen LogP contribution in [0.5, 0.6) is 0 Å². The van der Waals surface area contributed by atoms with E-state index in [9.17, 15) is 9.59 Å². The lowest BCUT2D eigenvalue weighted by Gasteiger charge is -2.24. The molecule has 1 rings (SSSR count). The van der Waals surface area contributed by atoms with Gasteiger partial charge in [0.05, 0.1) is 0 Å². The molecular weight excluding hydrogens is 154 g/mol. The van der Waals surface area contributed by atoms with Gasteiger partial charge in [-0.2, -0.15) is 0 Å². The van der Waals surface area contributed by atoms with Crippen LogP contribution in [0.25, 0.3) is 0 Å². The van der Waals surface area contributed by atoms with E-state index in [2.05, 4.69) is 5.32 Å². The van der Waals surface area contributed by atoms with Crippen molar-refractivity contribution in [2.75, 3.05) is 0 Å². The fraction of sp³-hybridized carbons (Fsp3) is 0.778. The van der Waals surface area contributed by atoms with Gasteiger partial charge < -0.3 is 0 Å². The van der Waals surface area contributed by atoms with Crippen LogP contribution in [0.2, 0.25) is 0 Å². The van der Waals surface area contributed by atoms with Gasteiger partial charge in [-0.3, -0.25) is 14.9 Å². The molecule has 3 heteroatoms. The zero-order valence-electron chi connectivity index (χ0n) is 7.59. The average molecular weight is 169 g/mol. The van der Waals surface area contributed by atoms with Crippen molar-refractivity contribution in [2.24, 2.45) is 11.8 Å². The summed E-state index contributed by atoms with van der Waals surface area (Å²) in [6.45, 7) is 3.92. The van der Waals surface area contributed by atoms with Crippen LogP contribution >= 0.6 is 0 Å². The molecule has 1 aliphatic heterocycles. The second-order valence-corrected chi connectivity index (χ2v) is 3.48. The number of rotatable bonds is 2. The minimum absolute atomic E-state index is 0.000694. The van der Waals surface area contributed by atoms with Gasteiger partial charge >= 0.3 is 0 Å². The molecule has 0 spiro atoms. The minimum Gasteiger partial charge on any atom is -0.296 e. The molecule has 12 heavy (non-hydrogen) atoms. The van der Waals surface area contributed by atoms with Gasteiger partial charge in [-0.05, 0) is 12.8 Å². The number of hydrogen-bond acceptors (Lipinski definition) is 2. The quantitative estimate of drug-likeness (QED) is 0.629. The Labute approximate surface area is 72.5 Å². The van der Waals surface area contributed by atoms with Gasteiger partial charge in [0.15, 0.2) is 0 Å². The molecular formula is C9H15NO2. The van der Waals surface area contributed by atoms with Crippen LogP contribution in [0.1, 0.15) is 33.1 Å². The maximum absolute atomic E-state index is 11.2. The third-order valence-corrected chi connectivity index (χ3v) is 2.34. The Morgan fingerprint density at radius 3 is 2.67 bits per heavy atom. The van der Waals surface area contributed by atoms with Crippen molar-refractivity contribution in [3.05, 3.63) is 0 Å². The molecule has 0 aromatic rings. The number of carbonyl (C=O) groups excluding carboxylic acids is 2. The molecule has 0 aromatic carbocycles. The number of piperidine rings is 1. The van der Waals surface area contributed by atoms with Crippen LogP contribution < -0.4 is 5.32 Å². The predicted octanol–water partition coefficient (Wildman–Crippen LogP) is 1.09. The first-order chi connectivity index (χ1) is 5.65. The summed E-state index contributed by atoms with van der Waals surface area (Å²) >= 11 is 0. The lowest BCUT2D eigenvalue weighted by Crippen LogP contribution is -2.45. The Balaban J connectivity index is 2.55. The summed E-state index contributed by atoms with van der Waals surface area (Å²) in [5, 5.41) is 2.39. The van der Waals surface area contributed by atoms with E-state index in [0.29, 0.717) is 0 Å². The maximum Gasteiger partial charge on any atom is 0.229 e. The van der Waals surface area contributed by atoms with Gasteiger partial charge in [0, 0.05) is 11.8 Å². The van der Waals surface area contributed by atoms with E-state index in [0.717, 1.165) is 19.3 Å². The second-order valence-electron chi connectivity index (χ2n) is 3.48. The molecule has 2 atom stereocenters. The zero-order valence-corrected chi connectivity index (χ0v) is 7.59. The van der Waals surface area contributed by atoms with Crippen molar-refractivity contribution < 1.29 is 9.59 Å². The fourth-order valence-electron chi connectivity index (χ4n) is 1.58. The monoisotopic (exact) mass is 169 g/mol. The van der Waals surface area contributed by atoms with Gasteiger partial charge in [0.25, 0.3) is 0 Å². The molecule has 0 saturated carbocycles. The first kappa shape index (κ1) is 9.23. The van der Waals surface area contributed by atoms with Crippen molar-refractivity contribution in [1.82, 2.24) is 5.32 Å². The van der Waals surface area contributed by atoms with Crippen molar-refractivity contribution >= 4 is 11.8 Å². The highest BCUT2D eigenvalue weighted by Gasteiger charge is 2.30. The Morgan fingerprint density at radius 2 is 2.08 bits per heavy atom. The van der Waals surface area contributed by atoms with Gasteiger partial charge in [-0.25, -0.2) is 0 Å². The summed E-state index contributed by atoms with van der Waals surface area (Å²) in [6.07, 6.45) is 2.61. The van der Waals surface area contributed by atoms with E-state index >= 15 is 0 Å². The van der Waals surface area contributed by atoms with Crippen LogP contribution in [0.15, 0.2) is 0 Å². The van der Waals surface area contributed by atoms with Crippen LogP contribution in [0, 0.1) is 11.8 Å². The first-order valence-electron chi connectivity index (χ1n) is 4.49. The second kappa shape index (κ2) is 3.70. The van der Waals surface area contributed by atoms with E-state index in [1.54, 1.807) is 0 Å². The molecule has 1 N–H and O–H groups in total. The highest BCUT2D eigenvalue weighted by molar-refractivity contribution is 5.99. The fourth-order valence-corrected chi connectivity index (χ4v) is 1.58. The lowest BCUT2D eigenvalue weighted by molar-refractivity contribution is -0.139. The number of amides is 2. The van der Waals surface area contributed by atoms with Gasteiger partial charge in [0.2, 0.25) is 11.8 Å². The van der Waals surface area contributed by atoms with Gasteiger partial charge in [-0.1, -0.05) is 20.3 Å². The number of hydrogen-bond donors (Lipinski definition) is 1. The van der Waals surface area contributed by atoms with E-state index < -0.39 is 0 Å². The molecule has 1 fully saturated rings.